The molecule has 142 valence electrons. The zero-order valence-electron chi connectivity index (χ0n) is 14.7. The quantitative estimate of drug-likeness (QED) is 0.672. The molecule has 2 N–H and O–H groups in total. The van der Waals surface area contributed by atoms with Gasteiger partial charge in [0.25, 0.3) is 0 Å². The number of nitrogens with zero attached hydrogens (tertiary/aromatic N) is 5. The van der Waals surface area contributed by atoms with Crippen molar-refractivity contribution in [3.63, 3.8) is 0 Å². The Kier molecular flexibility index (Phi) is 5.76. The Labute approximate surface area is 157 Å². The zero-order valence-corrected chi connectivity index (χ0v) is 16.3. The maximum absolute atomic E-state index is 11.6. The molecular formula is C15H22ClN7O2S. The van der Waals surface area contributed by atoms with E-state index in [0.717, 1.165) is 26.2 Å². The van der Waals surface area contributed by atoms with Gasteiger partial charge < -0.3 is 15.1 Å². The summed E-state index contributed by atoms with van der Waals surface area (Å²) in [4.78, 5) is 17.7. The SMILES string of the molecule is CNS(=O)(=O)CCNc1nc(N2CCN(C)CC2)nc2cnc(Cl)cc12. The fraction of sp³-hybridized carbons (Fsp3) is 0.533. The third-order valence-electron chi connectivity index (χ3n) is 4.30. The molecule has 1 saturated heterocycles. The molecule has 2 aromatic heterocycles. The van der Waals surface area contributed by atoms with Crippen molar-refractivity contribution in [1.82, 2.24) is 24.6 Å². The molecule has 0 atom stereocenters. The van der Waals surface area contributed by atoms with Crippen molar-refractivity contribution >= 4 is 44.3 Å². The van der Waals surface area contributed by atoms with Gasteiger partial charge in [-0.25, -0.2) is 23.1 Å². The fourth-order valence-corrected chi connectivity index (χ4v) is 3.42. The number of nitrogens with one attached hydrogen (secondary N) is 2. The number of aromatic nitrogens is 3. The number of pyridine rings is 1. The largest absolute Gasteiger partial charge is 0.368 e. The van der Waals surface area contributed by atoms with Crippen LogP contribution >= 0.6 is 11.6 Å². The zero-order chi connectivity index (χ0) is 18.7. The Balaban J connectivity index is 1.89. The Hall–Kier alpha value is -1.75. The van der Waals surface area contributed by atoms with Crippen LogP contribution in [0.25, 0.3) is 10.9 Å². The van der Waals surface area contributed by atoms with E-state index in [4.69, 9.17) is 11.6 Å². The van der Waals surface area contributed by atoms with Gasteiger partial charge >= 0.3 is 0 Å². The molecule has 2 aromatic rings. The van der Waals surface area contributed by atoms with Crippen LogP contribution in [-0.4, -0.2) is 80.8 Å². The normalized spacial score (nSPS) is 16.2. The summed E-state index contributed by atoms with van der Waals surface area (Å²) in [6, 6.07) is 1.68. The van der Waals surface area contributed by atoms with Gasteiger partial charge in [0, 0.05) is 38.1 Å². The lowest BCUT2D eigenvalue weighted by molar-refractivity contribution is 0.311. The van der Waals surface area contributed by atoms with Gasteiger partial charge in [0.2, 0.25) is 16.0 Å². The van der Waals surface area contributed by atoms with E-state index in [0.29, 0.717) is 27.8 Å². The number of piperazine rings is 1. The molecule has 1 fully saturated rings. The number of fused-ring (bicyclic) bond motifs is 1. The lowest BCUT2D eigenvalue weighted by Crippen LogP contribution is -2.45. The minimum atomic E-state index is -3.30. The van der Waals surface area contributed by atoms with E-state index in [-0.39, 0.29) is 12.3 Å². The fourth-order valence-electron chi connectivity index (χ4n) is 2.68. The van der Waals surface area contributed by atoms with Crippen LogP contribution in [0, 0.1) is 0 Å². The van der Waals surface area contributed by atoms with Crippen molar-refractivity contribution in [2.24, 2.45) is 0 Å². The number of hydrogen-bond acceptors (Lipinski definition) is 8. The minimum Gasteiger partial charge on any atom is -0.368 e. The second-order valence-electron chi connectivity index (χ2n) is 6.14. The molecule has 0 saturated carbocycles. The highest BCUT2D eigenvalue weighted by Gasteiger charge is 2.19. The highest BCUT2D eigenvalue weighted by Crippen LogP contribution is 2.25. The standard InChI is InChI=1S/C15H22ClN7O2S/c1-17-26(24,25)8-3-18-14-11-9-13(16)19-10-12(11)20-15(21-14)23-6-4-22(2)5-7-23/h9-10,17H,3-8H2,1-2H3,(H,18,20,21). The topological polar surface area (TPSA) is 103 Å². The second kappa shape index (κ2) is 7.87. The Bertz CT molecular complexity index is 885. The van der Waals surface area contributed by atoms with Gasteiger partial charge in [-0.05, 0) is 20.2 Å². The molecule has 26 heavy (non-hydrogen) atoms. The lowest BCUT2D eigenvalue weighted by Gasteiger charge is -2.32. The number of halogens is 1. The molecule has 3 rings (SSSR count). The van der Waals surface area contributed by atoms with Gasteiger partial charge in [-0.1, -0.05) is 11.6 Å². The summed E-state index contributed by atoms with van der Waals surface area (Å²) in [5.41, 5.74) is 0.664. The third-order valence-corrected chi connectivity index (χ3v) is 5.87. The number of hydrogen-bond donors (Lipinski definition) is 2. The summed E-state index contributed by atoms with van der Waals surface area (Å²) in [6.07, 6.45) is 1.61. The van der Waals surface area contributed by atoms with Crippen LogP contribution in [0.15, 0.2) is 12.3 Å². The number of anilines is 2. The molecule has 0 aliphatic carbocycles. The van der Waals surface area contributed by atoms with Crippen LogP contribution in [-0.2, 0) is 10.0 Å². The minimum absolute atomic E-state index is 0.0579. The second-order valence-corrected chi connectivity index (χ2v) is 8.57. The maximum atomic E-state index is 11.6. The first-order valence-corrected chi connectivity index (χ1v) is 10.3. The van der Waals surface area contributed by atoms with E-state index in [1.54, 1.807) is 12.3 Å². The summed E-state index contributed by atoms with van der Waals surface area (Å²) in [6.45, 7) is 3.75. The first-order valence-electron chi connectivity index (χ1n) is 8.30. The smallest absolute Gasteiger partial charge is 0.228 e. The summed E-state index contributed by atoms with van der Waals surface area (Å²) in [7, 11) is 0.180. The van der Waals surface area contributed by atoms with Gasteiger partial charge in [-0.2, -0.15) is 4.98 Å². The van der Waals surface area contributed by atoms with Crippen LogP contribution in [0.2, 0.25) is 5.15 Å². The van der Waals surface area contributed by atoms with E-state index in [1.807, 2.05) is 0 Å². The number of rotatable bonds is 6. The summed E-state index contributed by atoms with van der Waals surface area (Å²) >= 11 is 6.01. The van der Waals surface area contributed by atoms with E-state index < -0.39 is 10.0 Å². The summed E-state index contributed by atoms with van der Waals surface area (Å²) in [5.74, 6) is 1.10. The van der Waals surface area contributed by atoms with E-state index in [1.165, 1.54) is 7.05 Å². The van der Waals surface area contributed by atoms with Crippen molar-refractivity contribution in [3.8, 4) is 0 Å². The predicted molar refractivity (Wildman–Crippen MR) is 103 cm³/mol. The molecule has 0 bridgehead atoms. The Morgan fingerprint density at radius 1 is 1.23 bits per heavy atom. The number of sulfonamides is 1. The van der Waals surface area contributed by atoms with Gasteiger partial charge in [0.15, 0.2) is 0 Å². The molecule has 0 unspecified atom stereocenters. The van der Waals surface area contributed by atoms with Crippen LogP contribution in [0.3, 0.4) is 0 Å². The van der Waals surface area contributed by atoms with Crippen LogP contribution in [0.1, 0.15) is 0 Å². The molecule has 0 spiro atoms. The summed E-state index contributed by atoms with van der Waals surface area (Å²) in [5, 5.41) is 4.15. The van der Waals surface area contributed by atoms with Crippen LogP contribution < -0.4 is 14.9 Å². The average Bonchev–Trinajstić information content (AvgIpc) is 2.62. The molecule has 1 aliphatic rings. The van der Waals surface area contributed by atoms with E-state index >= 15 is 0 Å². The highest BCUT2D eigenvalue weighted by atomic mass is 35.5. The molecule has 0 radical (unpaired) electrons. The highest BCUT2D eigenvalue weighted by molar-refractivity contribution is 7.89. The van der Waals surface area contributed by atoms with Crippen molar-refractivity contribution < 1.29 is 8.42 Å². The molecule has 9 nitrogen and oxygen atoms in total. The van der Waals surface area contributed by atoms with Gasteiger partial charge in [-0.15, -0.1) is 0 Å². The van der Waals surface area contributed by atoms with Crippen LogP contribution in [0.4, 0.5) is 11.8 Å². The monoisotopic (exact) mass is 399 g/mol. The Morgan fingerprint density at radius 2 is 1.96 bits per heavy atom. The average molecular weight is 400 g/mol. The van der Waals surface area contributed by atoms with Crippen molar-refractivity contribution in [1.29, 1.82) is 0 Å². The molecule has 0 amide bonds. The summed E-state index contributed by atoms with van der Waals surface area (Å²) < 4.78 is 25.5. The number of likely N-dealkylation sites (N-methyl/N-ethyl adjacent to an activating group) is 1. The first kappa shape index (κ1) is 19.0. The van der Waals surface area contributed by atoms with Crippen LogP contribution in [0.5, 0.6) is 0 Å². The van der Waals surface area contributed by atoms with Gasteiger partial charge in [0.1, 0.15) is 11.0 Å². The first-order chi connectivity index (χ1) is 12.4. The van der Waals surface area contributed by atoms with Gasteiger partial charge in [0.05, 0.1) is 17.5 Å². The molecule has 3 heterocycles. The van der Waals surface area contributed by atoms with E-state index in [2.05, 4.69) is 41.8 Å². The van der Waals surface area contributed by atoms with E-state index in [9.17, 15) is 8.42 Å². The third kappa shape index (κ3) is 4.50. The van der Waals surface area contributed by atoms with Crippen molar-refractivity contribution in [2.75, 3.05) is 62.8 Å². The Morgan fingerprint density at radius 3 is 2.65 bits per heavy atom. The van der Waals surface area contributed by atoms with Gasteiger partial charge in [-0.3, -0.25) is 0 Å². The predicted octanol–water partition coefficient (Wildman–Crippen LogP) is 0.391. The molecular weight excluding hydrogens is 378 g/mol. The molecule has 1 aliphatic heterocycles. The lowest BCUT2D eigenvalue weighted by atomic mass is 10.3. The molecule has 11 heteroatoms. The maximum Gasteiger partial charge on any atom is 0.228 e. The molecule has 0 aromatic carbocycles. The van der Waals surface area contributed by atoms with Crippen molar-refractivity contribution in [2.45, 2.75) is 0 Å². The van der Waals surface area contributed by atoms with Crippen molar-refractivity contribution in [3.05, 3.63) is 17.4 Å².